The molecule has 2 aromatic carbocycles. The van der Waals surface area contributed by atoms with Crippen LogP contribution in [0.4, 0.5) is 5.69 Å². The Morgan fingerprint density at radius 2 is 1.67 bits per heavy atom. The number of carboxylic acids is 1. The first-order chi connectivity index (χ1) is 15.9. The fourth-order valence-corrected chi connectivity index (χ4v) is 3.67. The number of anilines is 1. The summed E-state index contributed by atoms with van der Waals surface area (Å²) in [5.41, 5.74) is 2.26. The molecule has 1 saturated heterocycles. The number of benzene rings is 2. The van der Waals surface area contributed by atoms with E-state index in [2.05, 4.69) is 32.6 Å². The normalized spacial score (nSPS) is 14.9. The fraction of sp³-hybridized carbons (Fsp3) is 0.400. The number of carboxylic acid groups (broad SMARTS) is 1. The molecule has 1 amide bonds. The largest absolute Gasteiger partial charge is 0.478 e. The van der Waals surface area contributed by atoms with Crippen LogP contribution in [0.1, 0.15) is 29.8 Å². The zero-order valence-corrected chi connectivity index (χ0v) is 19.3. The molecule has 33 heavy (non-hydrogen) atoms. The van der Waals surface area contributed by atoms with Gasteiger partial charge in [0.1, 0.15) is 0 Å². The maximum atomic E-state index is 12.1. The van der Waals surface area contributed by atoms with Crippen LogP contribution >= 0.6 is 0 Å². The topological polar surface area (TPSA) is 97.3 Å². The molecule has 0 radical (unpaired) electrons. The smallest absolute Gasteiger partial charge is 0.335 e. The van der Waals surface area contributed by atoms with Gasteiger partial charge in [0.15, 0.2) is 5.96 Å². The van der Waals surface area contributed by atoms with Gasteiger partial charge in [0.05, 0.1) is 12.1 Å². The van der Waals surface area contributed by atoms with Gasteiger partial charge in [0.25, 0.3) is 0 Å². The second kappa shape index (κ2) is 12.0. The van der Waals surface area contributed by atoms with Crippen LogP contribution < -0.4 is 10.6 Å². The molecule has 1 fully saturated rings. The highest BCUT2D eigenvalue weighted by atomic mass is 16.4. The number of piperazine rings is 1. The molecular weight excluding hydrogens is 418 g/mol. The number of carbonyl (C=O) groups is 2. The maximum Gasteiger partial charge on any atom is 0.335 e. The number of hydrogen-bond donors (Lipinski definition) is 3. The minimum atomic E-state index is -0.948. The molecule has 0 unspecified atom stereocenters. The monoisotopic (exact) mass is 451 g/mol. The molecule has 0 aliphatic carbocycles. The van der Waals surface area contributed by atoms with E-state index in [4.69, 9.17) is 10.1 Å². The van der Waals surface area contributed by atoms with Crippen molar-refractivity contribution in [3.05, 3.63) is 65.7 Å². The third kappa shape index (κ3) is 7.91. The molecule has 0 atom stereocenters. The lowest BCUT2D eigenvalue weighted by molar-refractivity contribution is -0.123. The van der Waals surface area contributed by atoms with Crippen molar-refractivity contribution in [1.82, 2.24) is 15.1 Å². The second-order valence-electron chi connectivity index (χ2n) is 8.43. The highest BCUT2D eigenvalue weighted by Crippen LogP contribution is 2.12. The highest BCUT2D eigenvalue weighted by Gasteiger charge is 2.22. The number of guanidine groups is 1. The van der Waals surface area contributed by atoms with E-state index in [0.717, 1.165) is 44.2 Å². The summed E-state index contributed by atoms with van der Waals surface area (Å²) in [7, 11) is 0. The van der Waals surface area contributed by atoms with Crippen LogP contribution in [0, 0.1) is 0 Å². The summed E-state index contributed by atoms with van der Waals surface area (Å²) < 4.78 is 0. The van der Waals surface area contributed by atoms with Crippen molar-refractivity contribution in [3.8, 4) is 0 Å². The molecule has 3 N–H and O–H groups in total. The number of rotatable bonds is 8. The number of aliphatic imine (C=N–C) groups is 1. The Kier molecular flexibility index (Phi) is 8.83. The van der Waals surface area contributed by atoms with Crippen LogP contribution in [0.3, 0.4) is 0 Å². The lowest BCUT2D eigenvalue weighted by Crippen LogP contribution is -2.53. The number of nitrogens with zero attached hydrogens (tertiary/aromatic N) is 3. The Bertz CT molecular complexity index is 936. The van der Waals surface area contributed by atoms with Gasteiger partial charge in [-0.2, -0.15) is 0 Å². The third-order valence-corrected chi connectivity index (χ3v) is 5.38. The third-order valence-electron chi connectivity index (χ3n) is 5.38. The molecule has 1 aliphatic rings. The van der Waals surface area contributed by atoms with Crippen molar-refractivity contribution in [2.24, 2.45) is 4.99 Å². The quantitative estimate of drug-likeness (QED) is 0.422. The van der Waals surface area contributed by atoms with E-state index < -0.39 is 5.97 Å². The molecule has 3 rings (SSSR count). The summed E-state index contributed by atoms with van der Waals surface area (Å²) >= 11 is 0. The van der Waals surface area contributed by atoms with Crippen molar-refractivity contribution in [3.63, 3.8) is 0 Å². The average Bonchev–Trinajstić information content (AvgIpc) is 2.79. The van der Waals surface area contributed by atoms with E-state index in [1.165, 1.54) is 5.56 Å². The van der Waals surface area contributed by atoms with Gasteiger partial charge in [0.2, 0.25) is 5.91 Å². The molecule has 0 saturated carbocycles. The minimum Gasteiger partial charge on any atom is -0.478 e. The average molecular weight is 452 g/mol. The molecule has 0 aromatic heterocycles. The first-order valence-electron chi connectivity index (χ1n) is 11.4. The van der Waals surface area contributed by atoms with Crippen LogP contribution in [0.2, 0.25) is 0 Å². The van der Waals surface area contributed by atoms with E-state index >= 15 is 0 Å². The van der Waals surface area contributed by atoms with Gasteiger partial charge < -0.3 is 20.6 Å². The number of hydrogen-bond acceptors (Lipinski definition) is 4. The van der Waals surface area contributed by atoms with Gasteiger partial charge in [-0.25, -0.2) is 4.79 Å². The molecule has 8 nitrogen and oxygen atoms in total. The molecule has 176 valence electrons. The van der Waals surface area contributed by atoms with Crippen LogP contribution in [0.15, 0.2) is 59.6 Å². The molecule has 0 spiro atoms. The molecule has 1 aliphatic heterocycles. The van der Waals surface area contributed by atoms with E-state index in [0.29, 0.717) is 13.1 Å². The Balaban J connectivity index is 1.64. The van der Waals surface area contributed by atoms with E-state index in [-0.39, 0.29) is 17.5 Å². The van der Waals surface area contributed by atoms with Gasteiger partial charge in [-0.15, -0.1) is 0 Å². The van der Waals surface area contributed by atoms with Crippen molar-refractivity contribution in [2.75, 3.05) is 44.6 Å². The molecule has 8 heteroatoms. The molecular formula is C25H33N5O3. The zero-order chi connectivity index (χ0) is 23.6. The van der Waals surface area contributed by atoms with Crippen molar-refractivity contribution in [1.29, 1.82) is 0 Å². The van der Waals surface area contributed by atoms with E-state index in [1.54, 1.807) is 24.3 Å². The Morgan fingerprint density at radius 3 is 2.27 bits per heavy atom. The van der Waals surface area contributed by atoms with Gasteiger partial charge in [-0.3, -0.25) is 14.7 Å². The summed E-state index contributed by atoms with van der Waals surface area (Å²) in [6.45, 7) is 7.99. The summed E-state index contributed by atoms with van der Waals surface area (Å²) in [4.78, 5) is 32.4. The molecule has 1 heterocycles. The predicted molar refractivity (Wildman–Crippen MR) is 131 cm³/mol. The Labute approximate surface area is 195 Å². The van der Waals surface area contributed by atoms with Crippen LogP contribution in [0.5, 0.6) is 0 Å². The van der Waals surface area contributed by atoms with Gasteiger partial charge >= 0.3 is 5.97 Å². The van der Waals surface area contributed by atoms with Crippen LogP contribution in [-0.4, -0.2) is 78.1 Å². The van der Waals surface area contributed by atoms with Gasteiger partial charge in [-0.05, 0) is 50.1 Å². The SMILES string of the molecule is CC(C)NC(=O)CN1CCN(C(=NCCc2ccccc2)Nc2ccc(C(=O)O)cc2)CC1. The standard InChI is InChI=1S/C25H33N5O3/c1-19(2)27-23(31)18-29-14-16-30(17-15-29)25(26-13-12-20-6-4-3-5-7-20)28-22-10-8-21(9-11-22)24(32)33/h3-11,19H,12-18H2,1-2H3,(H,26,28)(H,27,31)(H,32,33). The van der Waals surface area contributed by atoms with Gasteiger partial charge in [0, 0.05) is 44.5 Å². The van der Waals surface area contributed by atoms with Crippen molar-refractivity contribution in [2.45, 2.75) is 26.3 Å². The first-order valence-corrected chi connectivity index (χ1v) is 11.4. The summed E-state index contributed by atoms with van der Waals surface area (Å²) in [6.07, 6.45) is 0.833. The highest BCUT2D eigenvalue weighted by molar-refractivity contribution is 5.94. The number of amides is 1. The van der Waals surface area contributed by atoms with Crippen LogP contribution in [0.25, 0.3) is 0 Å². The lowest BCUT2D eigenvalue weighted by atomic mass is 10.2. The number of carbonyl (C=O) groups excluding carboxylic acids is 1. The minimum absolute atomic E-state index is 0.0480. The lowest BCUT2D eigenvalue weighted by Gasteiger charge is -2.36. The molecule has 2 aromatic rings. The Hall–Kier alpha value is -3.39. The van der Waals surface area contributed by atoms with Crippen molar-refractivity contribution >= 4 is 23.5 Å². The van der Waals surface area contributed by atoms with Gasteiger partial charge in [-0.1, -0.05) is 30.3 Å². The number of aromatic carboxylic acids is 1. The summed E-state index contributed by atoms with van der Waals surface area (Å²) in [5.74, 6) is -0.136. The fourth-order valence-electron chi connectivity index (χ4n) is 3.67. The second-order valence-corrected chi connectivity index (χ2v) is 8.43. The summed E-state index contributed by atoms with van der Waals surface area (Å²) in [5, 5.41) is 15.4. The number of nitrogens with one attached hydrogen (secondary N) is 2. The zero-order valence-electron chi connectivity index (χ0n) is 19.3. The maximum absolute atomic E-state index is 12.1. The van der Waals surface area contributed by atoms with E-state index in [9.17, 15) is 9.59 Å². The van der Waals surface area contributed by atoms with Crippen molar-refractivity contribution < 1.29 is 14.7 Å². The first kappa shape index (κ1) is 24.3. The summed E-state index contributed by atoms with van der Waals surface area (Å²) in [6, 6.07) is 17.0. The van der Waals surface area contributed by atoms with E-state index in [1.807, 2.05) is 32.0 Å². The molecule has 0 bridgehead atoms. The predicted octanol–water partition coefficient (Wildman–Crippen LogP) is 2.54. The van der Waals surface area contributed by atoms with Crippen LogP contribution in [-0.2, 0) is 11.2 Å². The Morgan fingerprint density at radius 1 is 1.00 bits per heavy atom.